The summed E-state index contributed by atoms with van der Waals surface area (Å²) in [6, 6.07) is 0.0818. The van der Waals surface area contributed by atoms with Crippen LogP contribution in [0.5, 0.6) is 0 Å². The molecule has 0 aromatic heterocycles. The highest BCUT2D eigenvalue weighted by atomic mass is 16.5. The average molecular weight is 256 g/mol. The molecule has 0 radical (unpaired) electrons. The standard InChI is InChI=1S/C14H28N2O2/c1-11(2)18-9-5-7-15-14(17)16-8-6-12(3)13(4)10-16/h11-13H,5-10H2,1-4H3,(H,15,17)/t12-,13-/m0/s1. The quantitative estimate of drug-likeness (QED) is 0.768. The van der Waals surface area contributed by atoms with Crippen LogP contribution in [0.3, 0.4) is 0 Å². The van der Waals surface area contributed by atoms with Crippen LogP contribution in [-0.2, 0) is 4.74 Å². The van der Waals surface area contributed by atoms with Crippen molar-refractivity contribution in [2.24, 2.45) is 11.8 Å². The van der Waals surface area contributed by atoms with E-state index in [-0.39, 0.29) is 12.1 Å². The molecule has 1 rings (SSSR count). The van der Waals surface area contributed by atoms with E-state index in [1.165, 1.54) is 0 Å². The van der Waals surface area contributed by atoms with Crippen molar-refractivity contribution in [2.45, 2.75) is 46.6 Å². The molecule has 0 unspecified atom stereocenters. The molecule has 2 amide bonds. The summed E-state index contributed by atoms with van der Waals surface area (Å²) in [7, 11) is 0. The summed E-state index contributed by atoms with van der Waals surface area (Å²) in [5.74, 6) is 1.34. The molecule has 1 aliphatic heterocycles. The third-order valence-electron chi connectivity index (χ3n) is 3.67. The topological polar surface area (TPSA) is 41.6 Å². The van der Waals surface area contributed by atoms with E-state index in [1.807, 2.05) is 18.7 Å². The van der Waals surface area contributed by atoms with Crippen molar-refractivity contribution in [3.05, 3.63) is 0 Å². The number of amides is 2. The Kier molecular flexibility index (Phi) is 6.47. The first-order chi connectivity index (χ1) is 8.50. The summed E-state index contributed by atoms with van der Waals surface area (Å²) in [4.78, 5) is 13.9. The van der Waals surface area contributed by atoms with Crippen molar-refractivity contribution in [3.63, 3.8) is 0 Å². The maximum atomic E-state index is 11.9. The van der Waals surface area contributed by atoms with Crippen LogP contribution in [0.1, 0.15) is 40.5 Å². The molecule has 106 valence electrons. The van der Waals surface area contributed by atoms with Gasteiger partial charge in [-0.15, -0.1) is 0 Å². The van der Waals surface area contributed by atoms with Crippen LogP contribution in [0.15, 0.2) is 0 Å². The number of carbonyl (C=O) groups excluding carboxylic acids is 1. The summed E-state index contributed by atoms with van der Waals surface area (Å²) in [6.07, 6.45) is 2.26. The second-order valence-electron chi connectivity index (χ2n) is 5.69. The van der Waals surface area contributed by atoms with Crippen molar-refractivity contribution in [1.82, 2.24) is 10.2 Å². The van der Waals surface area contributed by atoms with Gasteiger partial charge in [-0.1, -0.05) is 13.8 Å². The zero-order valence-electron chi connectivity index (χ0n) is 12.2. The minimum absolute atomic E-state index is 0.0818. The van der Waals surface area contributed by atoms with E-state index >= 15 is 0 Å². The summed E-state index contributed by atoms with van der Waals surface area (Å²) in [5.41, 5.74) is 0. The van der Waals surface area contributed by atoms with Crippen LogP contribution in [0, 0.1) is 11.8 Å². The van der Waals surface area contributed by atoms with Gasteiger partial charge in [0.05, 0.1) is 6.10 Å². The fourth-order valence-corrected chi connectivity index (χ4v) is 2.15. The van der Waals surface area contributed by atoms with Gasteiger partial charge in [0.25, 0.3) is 0 Å². The Balaban J connectivity index is 2.13. The zero-order chi connectivity index (χ0) is 13.5. The lowest BCUT2D eigenvalue weighted by Crippen LogP contribution is -2.47. The maximum absolute atomic E-state index is 11.9. The molecule has 1 fully saturated rings. The highest BCUT2D eigenvalue weighted by Gasteiger charge is 2.25. The first kappa shape index (κ1) is 15.3. The molecule has 0 aromatic rings. The number of nitrogens with one attached hydrogen (secondary N) is 1. The Labute approximate surface area is 111 Å². The summed E-state index contributed by atoms with van der Waals surface area (Å²) >= 11 is 0. The molecule has 1 saturated heterocycles. The lowest BCUT2D eigenvalue weighted by atomic mass is 9.89. The van der Waals surface area contributed by atoms with Gasteiger partial charge in [0, 0.05) is 26.2 Å². The smallest absolute Gasteiger partial charge is 0.317 e. The Hall–Kier alpha value is -0.770. The van der Waals surface area contributed by atoms with Crippen LogP contribution in [0.25, 0.3) is 0 Å². The van der Waals surface area contributed by atoms with Gasteiger partial charge in [0.2, 0.25) is 0 Å². The van der Waals surface area contributed by atoms with Gasteiger partial charge >= 0.3 is 6.03 Å². The molecule has 1 aliphatic rings. The number of ether oxygens (including phenoxy) is 1. The summed E-state index contributed by atoms with van der Waals surface area (Å²) < 4.78 is 5.44. The number of hydrogen-bond donors (Lipinski definition) is 1. The molecule has 0 bridgehead atoms. The highest BCUT2D eigenvalue weighted by molar-refractivity contribution is 5.74. The van der Waals surface area contributed by atoms with E-state index in [4.69, 9.17) is 4.74 Å². The fourth-order valence-electron chi connectivity index (χ4n) is 2.15. The third kappa shape index (κ3) is 5.25. The van der Waals surface area contributed by atoms with E-state index in [9.17, 15) is 4.79 Å². The molecule has 4 heteroatoms. The second-order valence-corrected chi connectivity index (χ2v) is 5.69. The molecular weight excluding hydrogens is 228 g/mol. The second kappa shape index (κ2) is 7.62. The molecular formula is C14H28N2O2. The molecule has 0 spiro atoms. The van der Waals surface area contributed by atoms with Gasteiger partial charge in [-0.05, 0) is 38.5 Å². The van der Waals surface area contributed by atoms with Gasteiger partial charge in [0.15, 0.2) is 0 Å². The molecule has 4 nitrogen and oxygen atoms in total. The van der Waals surface area contributed by atoms with E-state index < -0.39 is 0 Å². The van der Waals surface area contributed by atoms with Crippen molar-refractivity contribution in [1.29, 1.82) is 0 Å². The minimum atomic E-state index is 0.0818. The Bertz CT molecular complexity index is 256. The average Bonchev–Trinajstić information content (AvgIpc) is 2.31. The van der Waals surface area contributed by atoms with Gasteiger partial charge in [-0.2, -0.15) is 0 Å². The van der Waals surface area contributed by atoms with E-state index in [0.29, 0.717) is 19.1 Å². The number of urea groups is 1. The normalized spacial score (nSPS) is 24.4. The minimum Gasteiger partial charge on any atom is -0.379 e. The van der Waals surface area contributed by atoms with Crippen molar-refractivity contribution in [3.8, 4) is 0 Å². The molecule has 0 aliphatic carbocycles. The maximum Gasteiger partial charge on any atom is 0.317 e. The van der Waals surface area contributed by atoms with Crippen molar-refractivity contribution in [2.75, 3.05) is 26.2 Å². The van der Waals surface area contributed by atoms with Crippen molar-refractivity contribution < 1.29 is 9.53 Å². The van der Waals surface area contributed by atoms with Crippen LogP contribution in [0.4, 0.5) is 4.79 Å². The number of hydrogen-bond acceptors (Lipinski definition) is 2. The predicted octanol–water partition coefficient (Wildman–Crippen LogP) is 2.49. The first-order valence-corrected chi connectivity index (χ1v) is 7.15. The first-order valence-electron chi connectivity index (χ1n) is 7.15. The molecule has 1 N–H and O–H groups in total. The molecule has 18 heavy (non-hydrogen) atoms. The summed E-state index contributed by atoms with van der Waals surface area (Å²) in [5, 5.41) is 2.97. The number of piperidine rings is 1. The van der Waals surface area contributed by atoms with E-state index in [2.05, 4.69) is 19.2 Å². The highest BCUT2D eigenvalue weighted by Crippen LogP contribution is 2.22. The van der Waals surface area contributed by atoms with Crippen LogP contribution < -0.4 is 5.32 Å². The van der Waals surface area contributed by atoms with Crippen LogP contribution in [-0.4, -0.2) is 43.3 Å². The largest absolute Gasteiger partial charge is 0.379 e. The van der Waals surface area contributed by atoms with E-state index in [0.717, 1.165) is 31.8 Å². The number of carbonyl (C=O) groups is 1. The number of rotatable bonds is 5. The Morgan fingerprint density at radius 3 is 2.72 bits per heavy atom. The monoisotopic (exact) mass is 256 g/mol. The van der Waals surface area contributed by atoms with Crippen molar-refractivity contribution >= 4 is 6.03 Å². The lowest BCUT2D eigenvalue weighted by molar-refractivity contribution is 0.0769. The number of nitrogens with zero attached hydrogens (tertiary/aromatic N) is 1. The Morgan fingerprint density at radius 2 is 2.11 bits per heavy atom. The van der Waals surface area contributed by atoms with Gasteiger partial charge < -0.3 is 15.0 Å². The molecule has 2 atom stereocenters. The number of likely N-dealkylation sites (tertiary alicyclic amines) is 1. The fraction of sp³-hybridized carbons (Fsp3) is 0.929. The third-order valence-corrected chi connectivity index (χ3v) is 3.67. The van der Waals surface area contributed by atoms with Crippen LogP contribution in [0.2, 0.25) is 0 Å². The van der Waals surface area contributed by atoms with E-state index in [1.54, 1.807) is 0 Å². The summed E-state index contributed by atoms with van der Waals surface area (Å²) in [6.45, 7) is 11.7. The zero-order valence-corrected chi connectivity index (χ0v) is 12.2. The molecule has 1 heterocycles. The SMILES string of the molecule is CC(C)OCCCNC(=O)N1CC[C@H](C)[C@@H](C)C1. The molecule has 0 aromatic carbocycles. The lowest BCUT2D eigenvalue weighted by Gasteiger charge is -2.35. The van der Waals surface area contributed by atoms with Gasteiger partial charge in [0.1, 0.15) is 0 Å². The Morgan fingerprint density at radius 1 is 1.39 bits per heavy atom. The molecule has 0 saturated carbocycles. The van der Waals surface area contributed by atoms with Gasteiger partial charge in [-0.25, -0.2) is 4.79 Å². The van der Waals surface area contributed by atoms with Crippen LogP contribution >= 0.6 is 0 Å². The van der Waals surface area contributed by atoms with Gasteiger partial charge in [-0.3, -0.25) is 0 Å². The predicted molar refractivity (Wildman–Crippen MR) is 73.6 cm³/mol.